The van der Waals surface area contributed by atoms with Crippen molar-refractivity contribution in [3.63, 3.8) is 0 Å². The molecule has 0 aromatic rings. The SMILES string of the molecule is OC(F)(F)C(F)(F)C(O)(F)C(F)(F)C(O)(F)F. The first-order valence-corrected chi connectivity index (χ1v) is 3.37. The Morgan fingerprint density at radius 2 is 0.647 bits per heavy atom. The molecular formula is C5H3F9O3. The second kappa shape index (κ2) is 3.62. The molecule has 0 aliphatic carbocycles. The molecule has 0 aromatic heterocycles. The fourth-order valence-electron chi connectivity index (χ4n) is 0.596. The summed E-state index contributed by atoms with van der Waals surface area (Å²) >= 11 is 0. The Hall–Kier alpha value is -0.750. The number of hydrogen-bond acceptors (Lipinski definition) is 3. The van der Waals surface area contributed by atoms with Crippen LogP contribution in [0.15, 0.2) is 0 Å². The van der Waals surface area contributed by atoms with Crippen molar-refractivity contribution in [2.24, 2.45) is 0 Å². The summed E-state index contributed by atoms with van der Waals surface area (Å²) in [6.07, 6.45) is -13.2. The van der Waals surface area contributed by atoms with E-state index in [-0.39, 0.29) is 0 Å². The molecule has 12 heteroatoms. The summed E-state index contributed by atoms with van der Waals surface area (Å²) < 4.78 is 108. The quantitative estimate of drug-likeness (QED) is 0.676. The van der Waals surface area contributed by atoms with Crippen molar-refractivity contribution >= 4 is 0 Å². The highest BCUT2D eigenvalue weighted by molar-refractivity contribution is 5.02. The lowest BCUT2D eigenvalue weighted by atomic mass is 10.0. The minimum atomic E-state index is -7.00. The number of aliphatic hydroxyl groups is 3. The third-order valence-electron chi connectivity index (χ3n) is 1.59. The smallest absolute Gasteiger partial charge is 0.352 e. The third-order valence-corrected chi connectivity index (χ3v) is 1.59. The summed E-state index contributed by atoms with van der Waals surface area (Å²) in [5.74, 6) is -20.9. The molecule has 0 saturated heterocycles. The van der Waals surface area contributed by atoms with Gasteiger partial charge in [-0.2, -0.15) is 39.5 Å². The lowest BCUT2D eigenvalue weighted by Gasteiger charge is -2.37. The standard InChI is InChI=1S/C5H3F9O3/c6-1(7,4(11,12)16)3(10,15)2(8,9)5(13,14)17/h15-17H. The molecule has 0 heterocycles. The first-order valence-electron chi connectivity index (χ1n) is 3.37. The molecule has 0 radical (unpaired) electrons. The summed E-state index contributed by atoms with van der Waals surface area (Å²) in [6, 6.07) is 0. The summed E-state index contributed by atoms with van der Waals surface area (Å²) in [7, 11) is 0. The minimum absolute atomic E-state index is 6.58. The van der Waals surface area contributed by atoms with Gasteiger partial charge in [-0.25, -0.2) is 0 Å². The molecule has 0 aliphatic rings. The molecule has 0 saturated carbocycles. The van der Waals surface area contributed by atoms with Gasteiger partial charge < -0.3 is 15.3 Å². The van der Waals surface area contributed by atoms with Crippen LogP contribution in [0.1, 0.15) is 0 Å². The van der Waals surface area contributed by atoms with Gasteiger partial charge in [0.05, 0.1) is 0 Å². The van der Waals surface area contributed by atoms with Gasteiger partial charge in [0.2, 0.25) is 0 Å². The highest BCUT2D eigenvalue weighted by Gasteiger charge is 2.85. The molecule has 3 N–H and O–H groups in total. The van der Waals surface area contributed by atoms with E-state index >= 15 is 0 Å². The van der Waals surface area contributed by atoms with Gasteiger partial charge in [0, 0.05) is 0 Å². The lowest BCUT2D eigenvalue weighted by Crippen LogP contribution is -2.69. The Kier molecular flexibility index (Phi) is 3.46. The van der Waals surface area contributed by atoms with E-state index in [4.69, 9.17) is 15.3 Å². The first-order chi connectivity index (χ1) is 7.00. The average molecular weight is 282 g/mol. The zero-order valence-electron chi connectivity index (χ0n) is 7.24. The van der Waals surface area contributed by atoms with Gasteiger partial charge in [-0.15, -0.1) is 0 Å². The summed E-state index contributed by atoms with van der Waals surface area (Å²) in [6.45, 7) is 0. The van der Waals surface area contributed by atoms with Gasteiger partial charge in [0.1, 0.15) is 0 Å². The first kappa shape index (κ1) is 16.2. The van der Waals surface area contributed by atoms with Crippen molar-refractivity contribution in [3.8, 4) is 0 Å². The normalized spacial score (nSPS) is 16.2. The second-order valence-electron chi connectivity index (χ2n) is 2.85. The van der Waals surface area contributed by atoms with Crippen LogP contribution in [0.2, 0.25) is 0 Å². The van der Waals surface area contributed by atoms with Crippen molar-refractivity contribution in [1.29, 1.82) is 0 Å². The average Bonchev–Trinajstić information content (AvgIpc) is 1.98. The Balaban J connectivity index is 5.73. The van der Waals surface area contributed by atoms with Gasteiger partial charge in [0.15, 0.2) is 0 Å². The van der Waals surface area contributed by atoms with E-state index in [0.717, 1.165) is 0 Å². The van der Waals surface area contributed by atoms with Crippen LogP contribution in [0.5, 0.6) is 0 Å². The van der Waals surface area contributed by atoms with E-state index in [1.807, 2.05) is 0 Å². The van der Waals surface area contributed by atoms with Crippen LogP contribution >= 0.6 is 0 Å². The maximum absolute atomic E-state index is 12.4. The molecule has 0 bridgehead atoms. The van der Waals surface area contributed by atoms with Crippen molar-refractivity contribution in [1.82, 2.24) is 0 Å². The Bertz CT molecular complexity index is 260. The second-order valence-corrected chi connectivity index (χ2v) is 2.85. The fourth-order valence-corrected chi connectivity index (χ4v) is 0.596. The Morgan fingerprint density at radius 3 is 0.765 bits per heavy atom. The molecule has 0 spiro atoms. The van der Waals surface area contributed by atoms with E-state index in [2.05, 4.69) is 0 Å². The fraction of sp³-hybridized carbons (Fsp3) is 1.00. The van der Waals surface area contributed by atoms with Crippen molar-refractivity contribution in [2.75, 3.05) is 0 Å². The molecule has 0 amide bonds. The number of halogens is 9. The highest BCUT2D eigenvalue weighted by Crippen LogP contribution is 2.53. The maximum atomic E-state index is 12.4. The van der Waals surface area contributed by atoms with Crippen LogP contribution in [0, 0.1) is 0 Å². The van der Waals surface area contributed by atoms with Gasteiger partial charge in [-0.05, 0) is 0 Å². The monoisotopic (exact) mass is 282 g/mol. The molecule has 0 aliphatic heterocycles. The molecule has 0 aromatic carbocycles. The van der Waals surface area contributed by atoms with Crippen LogP contribution in [-0.4, -0.2) is 45.2 Å². The van der Waals surface area contributed by atoms with Crippen molar-refractivity contribution in [3.05, 3.63) is 0 Å². The molecule has 0 fully saturated rings. The molecular weight excluding hydrogens is 279 g/mol. The molecule has 0 rings (SSSR count). The van der Waals surface area contributed by atoms with Crippen LogP contribution in [-0.2, 0) is 0 Å². The predicted molar refractivity (Wildman–Crippen MR) is 30.3 cm³/mol. The lowest BCUT2D eigenvalue weighted by molar-refractivity contribution is -0.477. The van der Waals surface area contributed by atoms with Crippen LogP contribution in [0.3, 0.4) is 0 Å². The van der Waals surface area contributed by atoms with Gasteiger partial charge >= 0.3 is 29.9 Å². The zero-order valence-corrected chi connectivity index (χ0v) is 7.24. The molecule has 3 nitrogen and oxygen atoms in total. The summed E-state index contributed by atoms with van der Waals surface area (Å²) in [4.78, 5) is 0. The minimum Gasteiger partial charge on any atom is -0.352 e. The number of alkyl halides is 9. The maximum Gasteiger partial charge on any atom is 0.423 e. The highest BCUT2D eigenvalue weighted by atomic mass is 19.3. The number of rotatable bonds is 4. The van der Waals surface area contributed by atoms with E-state index < -0.39 is 29.9 Å². The van der Waals surface area contributed by atoms with E-state index in [0.29, 0.717) is 0 Å². The largest absolute Gasteiger partial charge is 0.423 e. The zero-order chi connectivity index (χ0) is 14.5. The van der Waals surface area contributed by atoms with Gasteiger partial charge in [0.25, 0.3) is 0 Å². The molecule has 0 unspecified atom stereocenters. The Morgan fingerprint density at radius 1 is 0.471 bits per heavy atom. The topological polar surface area (TPSA) is 60.7 Å². The van der Waals surface area contributed by atoms with Crippen LogP contribution in [0.4, 0.5) is 39.5 Å². The van der Waals surface area contributed by atoms with Gasteiger partial charge in [-0.3, -0.25) is 0 Å². The van der Waals surface area contributed by atoms with Crippen LogP contribution < -0.4 is 0 Å². The third kappa shape index (κ3) is 2.15. The van der Waals surface area contributed by atoms with Gasteiger partial charge in [-0.1, -0.05) is 0 Å². The van der Waals surface area contributed by atoms with Crippen LogP contribution in [0.25, 0.3) is 0 Å². The van der Waals surface area contributed by atoms with E-state index in [9.17, 15) is 39.5 Å². The summed E-state index contributed by atoms with van der Waals surface area (Å²) in [5, 5.41) is 22.5. The van der Waals surface area contributed by atoms with Crippen molar-refractivity contribution < 1.29 is 54.8 Å². The molecule has 0 atom stereocenters. The Labute approximate surface area is 86.1 Å². The predicted octanol–water partition coefficient (Wildman–Crippen LogP) is 1.09. The van der Waals surface area contributed by atoms with Crippen molar-refractivity contribution in [2.45, 2.75) is 29.9 Å². The van der Waals surface area contributed by atoms with E-state index in [1.165, 1.54) is 0 Å². The van der Waals surface area contributed by atoms with E-state index in [1.54, 1.807) is 0 Å². The summed E-state index contributed by atoms with van der Waals surface area (Å²) in [5.41, 5.74) is 0. The molecule has 17 heavy (non-hydrogen) atoms. The molecule has 104 valence electrons. The number of hydrogen-bond donors (Lipinski definition) is 3.